The first-order chi connectivity index (χ1) is 17.8. The normalized spacial score (nSPS) is 19.7. The van der Waals surface area contributed by atoms with Gasteiger partial charge in [0.2, 0.25) is 0 Å². The zero-order chi connectivity index (χ0) is 26.1. The molecular formula is C27H29FN4O5. The maximum absolute atomic E-state index is 15.3. The largest absolute Gasteiger partial charge is 0.486 e. The fourth-order valence-electron chi connectivity index (χ4n) is 5.82. The van der Waals surface area contributed by atoms with E-state index < -0.39 is 17.4 Å². The lowest BCUT2D eigenvalue weighted by Gasteiger charge is -2.33. The van der Waals surface area contributed by atoms with Crippen molar-refractivity contribution in [3.63, 3.8) is 0 Å². The van der Waals surface area contributed by atoms with Gasteiger partial charge in [0.25, 0.3) is 5.56 Å². The van der Waals surface area contributed by atoms with E-state index in [1.54, 1.807) is 17.6 Å². The number of cyclic esters (lactones) is 1. The van der Waals surface area contributed by atoms with Crippen LogP contribution >= 0.6 is 0 Å². The third kappa shape index (κ3) is 3.31. The predicted molar refractivity (Wildman–Crippen MR) is 135 cm³/mol. The molecule has 3 aromatic rings. The molecule has 194 valence electrons. The van der Waals surface area contributed by atoms with Crippen LogP contribution in [0.1, 0.15) is 42.5 Å². The first-order valence-electron chi connectivity index (χ1n) is 12.7. The van der Waals surface area contributed by atoms with Crippen LogP contribution in [-0.2, 0) is 28.3 Å². The number of anilines is 1. The lowest BCUT2D eigenvalue weighted by molar-refractivity contribution is -0.172. The summed E-state index contributed by atoms with van der Waals surface area (Å²) in [7, 11) is 0. The molecule has 0 saturated heterocycles. The zero-order valence-corrected chi connectivity index (χ0v) is 21.1. The van der Waals surface area contributed by atoms with E-state index in [1.807, 2.05) is 13.8 Å². The molecule has 10 heteroatoms. The van der Waals surface area contributed by atoms with E-state index in [-0.39, 0.29) is 42.0 Å². The number of carbonyl (C=O) groups excluding carboxylic acids is 1. The number of aryl methyl sites for hydroxylation is 1. The minimum absolute atomic E-state index is 0.0683. The number of ether oxygens (including phenoxy) is 2. The number of hydrogen-bond acceptors (Lipinski definition) is 8. The number of aromatic nitrogens is 2. The smallest absolute Gasteiger partial charge is 0.343 e. The third-order valence-corrected chi connectivity index (χ3v) is 7.87. The van der Waals surface area contributed by atoms with Crippen LogP contribution in [0.5, 0.6) is 5.75 Å². The van der Waals surface area contributed by atoms with Crippen molar-refractivity contribution in [2.24, 2.45) is 0 Å². The Labute approximate surface area is 212 Å². The number of halogens is 1. The van der Waals surface area contributed by atoms with Crippen LogP contribution in [-0.4, -0.2) is 53.4 Å². The van der Waals surface area contributed by atoms with Gasteiger partial charge >= 0.3 is 5.97 Å². The molecule has 9 nitrogen and oxygen atoms in total. The Hall–Kier alpha value is -3.50. The maximum atomic E-state index is 15.3. The van der Waals surface area contributed by atoms with E-state index in [0.29, 0.717) is 42.3 Å². The Balaban J connectivity index is 1.57. The van der Waals surface area contributed by atoms with Crippen LogP contribution in [0.15, 0.2) is 16.9 Å². The highest BCUT2D eigenvalue weighted by Gasteiger charge is 2.45. The summed E-state index contributed by atoms with van der Waals surface area (Å²) >= 11 is 0. The quantitative estimate of drug-likeness (QED) is 0.313. The number of fused-ring (bicyclic) bond motifs is 7. The second-order valence-corrected chi connectivity index (χ2v) is 9.79. The van der Waals surface area contributed by atoms with E-state index in [1.165, 1.54) is 6.07 Å². The molecule has 5 heterocycles. The van der Waals surface area contributed by atoms with Crippen LogP contribution in [0.3, 0.4) is 0 Å². The van der Waals surface area contributed by atoms with Gasteiger partial charge in [0.1, 0.15) is 13.2 Å². The number of esters is 1. The lowest BCUT2D eigenvalue weighted by Crippen LogP contribution is -2.44. The van der Waals surface area contributed by atoms with Gasteiger partial charge in [-0.1, -0.05) is 13.8 Å². The Morgan fingerprint density at radius 2 is 2.03 bits per heavy atom. The first-order valence-corrected chi connectivity index (χ1v) is 12.7. The molecule has 0 radical (unpaired) electrons. The van der Waals surface area contributed by atoms with Crippen molar-refractivity contribution < 1.29 is 23.8 Å². The zero-order valence-electron chi connectivity index (χ0n) is 21.1. The Morgan fingerprint density at radius 3 is 2.78 bits per heavy atom. The summed E-state index contributed by atoms with van der Waals surface area (Å²) in [6, 6.07) is 3.06. The average Bonchev–Trinajstić information content (AvgIpc) is 3.26. The Morgan fingerprint density at radius 1 is 1.22 bits per heavy atom. The standard InChI is InChI=1S/C27H29FN4O5/c1-4-27(35)17-10-20-22-15(12-32(20)25(33)16(17)13-37-26(27)34)14(3)21-19(30-22)11-18(28)24-23(21)31(8-9-36-24)7-6-29-5-2/h10-11,29,35H,4-9,12-13H2,1-3H3/t27-/m0/s1. The van der Waals surface area contributed by atoms with Gasteiger partial charge in [0.05, 0.1) is 41.2 Å². The van der Waals surface area contributed by atoms with Crippen LogP contribution in [0.25, 0.3) is 22.3 Å². The van der Waals surface area contributed by atoms with Crippen molar-refractivity contribution in [1.82, 2.24) is 14.9 Å². The summed E-state index contributed by atoms with van der Waals surface area (Å²) < 4.78 is 27.8. The average molecular weight is 509 g/mol. The van der Waals surface area contributed by atoms with Crippen molar-refractivity contribution in [2.75, 3.05) is 37.7 Å². The molecule has 6 rings (SSSR count). The molecule has 2 aromatic heterocycles. The van der Waals surface area contributed by atoms with Gasteiger partial charge < -0.3 is 29.4 Å². The number of nitrogens with zero attached hydrogens (tertiary/aromatic N) is 3. The van der Waals surface area contributed by atoms with Crippen molar-refractivity contribution >= 4 is 22.6 Å². The minimum Gasteiger partial charge on any atom is -0.486 e. The number of likely N-dealkylation sites (N-methyl/N-ethyl adjacent to an activating group) is 1. The van der Waals surface area contributed by atoms with Gasteiger partial charge in [-0.05, 0) is 31.5 Å². The summed E-state index contributed by atoms with van der Waals surface area (Å²) in [6.45, 7) is 9.08. The van der Waals surface area contributed by atoms with Crippen LogP contribution in [0.4, 0.5) is 10.1 Å². The Kier molecular flexibility index (Phi) is 5.50. The molecule has 3 aliphatic heterocycles. The second-order valence-electron chi connectivity index (χ2n) is 9.79. The lowest BCUT2D eigenvalue weighted by atomic mass is 9.86. The predicted octanol–water partition coefficient (Wildman–Crippen LogP) is 2.34. The molecule has 0 aliphatic carbocycles. The van der Waals surface area contributed by atoms with Gasteiger partial charge in [-0.25, -0.2) is 14.2 Å². The minimum atomic E-state index is -1.90. The first kappa shape index (κ1) is 23.9. The monoisotopic (exact) mass is 508 g/mol. The Bertz CT molecular complexity index is 1530. The van der Waals surface area contributed by atoms with Crippen molar-refractivity contribution in [2.45, 2.75) is 45.9 Å². The van der Waals surface area contributed by atoms with Gasteiger partial charge in [-0.2, -0.15) is 0 Å². The fraction of sp³-hybridized carbons (Fsp3) is 0.444. The second kappa shape index (κ2) is 8.53. The molecule has 0 bridgehead atoms. The van der Waals surface area contributed by atoms with Crippen LogP contribution in [0, 0.1) is 12.7 Å². The highest BCUT2D eigenvalue weighted by molar-refractivity contribution is 6.00. The maximum Gasteiger partial charge on any atom is 0.343 e. The number of hydrogen-bond donors (Lipinski definition) is 2. The summed E-state index contributed by atoms with van der Waals surface area (Å²) in [5.41, 5.74) is 2.28. The molecule has 0 unspecified atom stereocenters. The van der Waals surface area contributed by atoms with E-state index in [2.05, 4.69) is 10.2 Å². The molecule has 3 aliphatic rings. The van der Waals surface area contributed by atoms with Gasteiger partial charge in [-0.3, -0.25) is 4.79 Å². The highest BCUT2D eigenvalue weighted by Crippen LogP contribution is 2.46. The molecule has 0 saturated carbocycles. The number of benzene rings is 1. The third-order valence-electron chi connectivity index (χ3n) is 7.87. The van der Waals surface area contributed by atoms with E-state index in [9.17, 15) is 14.7 Å². The number of aliphatic hydroxyl groups is 1. The summed E-state index contributed by atoms with van der Waals surface area (Å²) in [5.74, 6) is -1.02. The molecule has 2 N–H and O–H groups in total. The molecule has 0 spiro atoms. The summed E-state index contributed by atoms with van der Waals surface area (Å²) in [4.78, 5) is 32.9. The molecule has 0 fully saturated rings. The molecular weight excluding hydrogens is 479 g/mol. The van der Waals surface area contributed by atoms with Gasteiger partial charge in [-0.15, -0.1) is 0 Å². The van der Waals surface area contributed by atoms with Gasteiger partial charge in [0.15, 0.2) is 17.2 Å². The van der Waals surface area contributed by atoms with Crippen molar-refractivity contribution in [3.05, 3.63) is 50.6 Å². The number of pyridine rings is 2. The number of nitrogens with one attached hydrogen (secondary N) is 1. The van der Waals surface area contributed by atoms with Crippen LogP contribution < -0.4 is 20.5 Å². The highest BCUT2D eigenvalue weighted by atomic mass is 19.1. The topological polar surface area (TPSA) is 106 Å². The van der Waals surface area contributed by atoms with E-state index in [0.717, 1.165) is 29.6 Å². The van der Waals surface area contributed by atoms with Gasteiger partial charge in [0, 0.05) is 35.7 Å². The molecule has 1 atom stereocenters. The van der Waals surface area contributed by atoms with Crippen LogP contribution in [0.2, 0.25) is 0 Å². The van der Waals surface area contributed by atoms with Crippen molar-refractivity contribution in [3.8, 4) is 17.1 Å². The van der Waals surface area contributed by atoms with E-state index >= 15 is 4.39 Å². The van der Waals surface area contributed by atoms with E-state index in [4.69, 9.17) is 14.5 Å². The van der Waals surface area contributed by atoms with Crippen molar-refractivity contribution in [1.29, 1.82) is 0 Å². The fourth-order valence-corrected chi connectivity index (χ4v) is 5.82. The SMILES string of the molecule is CCNCCN1CCOc2c(F)cc3nc4c(c(C)c3c21)Cn1c-4cc2c(c1=O)COC(=O)[C@]2(O)CC. The number of carbonyl (C=O) groups is 1. The summed E-state index contributed by atoms with van der Waals surface area (Å²) in [5, 5.41) is 15.2. The molecule has 0 amide bonds. The summed E-state index contributed by atoms with van der Waals surface area (Å²) in [6.07, 6.45) is 0.0683. The molecule has 37 heavy (non-hydrogen) atoms. The number of rotatable bonds is 5. The molecule has 1 aromatic carbocycles.